The molecule has 0 aromatic heterocycles. The number of nitrogens with zero attached hydrogens (tertiary/aromatic N) is 1. The molecule has 2 aliphatic rings. The maximum Gasteiger partial charge on any atom is 0.0700 e. The van der Waals surface area contributed by atoms with Gasteiger partial charge in [-0.3, -0.25) is 0 Å². The minimum absolute atomic E-state index is 0.306. The summed E-state index contributed by atoms with van der Waals surface area (Å²) in [6, 6.07) is 0. The van der Waals surface area contributed by atoms with Gasteiger partial charge in [-0.15, -0.1) is 0 Å². The van der Waals surface area contributed by atoms with Crippen molar-refractivity contribution in [1.82, 2.24) is 4.90 Å². The number of hydrogen-bond donors (Lipinski definition) is 1. The van der Waals surface area contributed by atoms with Crippen LogP contribution in [0.25, 0.3) is 0 Å². The van der Waals surface area contributed by atoms with E-state index in [9.17, 15) is 5.11 Å². The van der Waals surface area contributed by atoms with Crippen LogP contribution < -0.4 is 0 Å². The van der Waals surface area contributed by atoms with Gasteiger partial charge in [-0.25, -0.2) is 0 Å². The van der Waals surface area contributed by atoms with Crippen LogP contribution >= 0.6 is 0 Å². The molecule has 1 saturated carbocycles. The molecule has 1 saturated heterocycles. The number of fused-ring (bicyclic) bond motifs is 1. The molecule has 2 rings (SSSR count). The van der Waals surface area contributed by atoms with Crippen molar-refractivity contribution in [2.24, 2.45) is 11.8 Å². The number of aliphatic hydroxyl groups is 1. The van der Waals surface area contributed by atoms with E-state index < -0.39 is 0 Å². The van der Waals surface area contributed by atoms with E-state index >= 15 is 0 Å². The van der Waals surface area contributed by atoms with Gasteiger partial charge >= 0.3 is 0 Å². The number of unbranched alkanes of at least 4 members (excludes halogenated alkanes) is 1. The van der Waals surface area contributed by atoms with E-state index in [2.05, 4.69) is 18.7 Å². The topological polar surface area (TPSA) is 23.5 Å². The third-order valence-electron chi connectivity index (χ3n) is 5.57. The van der Waals surface area contributed by atoms with E-state index in [1.54, 1.807) is 0 Å². The maximum absolute atomic E-state index is 10.7. The Kier molecular flexibility index (Phi) is 5.70. The van der Waals surface area contributed by atoms with Crippen molar-refractivity contribution in [2.45, 2.75) is 77.2 Å². The lowest BCUT2D eigenvalue weighted by molar-refractivity contribution is -0.0973. The molecule has 1 N–H and O–H groups in total. The van der Waals surface area contributed by atoms with Gasteiger partial charge in [0.1, 0.15) is 0 Å². The Morgan fingerprint density at radius 2 is 2.11 bits per heavy atom. The fourth-order valence-electron chi connectivity index (χ4n) is 4.09. The predicted octanol–water partition coefficient (Wildman–Crippen LogP) is 3.83. The van der Waals surface area contributed by atoms with Crippen molar-refractivity contribution in [3.8, 4) is 0 Å². The van der Waals surface area contributed by atoms with Crippen molar-refractivity contribution in [1.29, 1.82) is 0 Å². The van der Waals surface area contributed by atoms with Crippen LogP contribution in [0, 0.1) is 11.8 Å². The number of likely N-dealkylation sites (tertiary alicyclic amines) is 1. The third-order valence-corrected chi connectivity index (χ3v) is 5.57. The second kappa shape index (κ2) is 7.08. The lowest BCUT2D eigenvalue weighted by Gasteiger charge is -2.48. The van der Waals surface area contributed by atoms with Gasteiger partial charge in [0.15, 0.2) is 0 Å². The Hall–Kier alpha value is -0.0800. The van der Waals surface area contributed by atoms with E-state index in [0.717, 1.165) is 31.8 Å². The first-order chi connectivity index (χ1) is 9.18. The largest absolute Gasteiger partial charge is 0.390 e. The summed E-state index contributed by atoms with van der Waals surface area (Å²) in [5.41, 5.74) is -0.306. The molecule has 0 bridgehead atoms. The van der Waals surface area contributed by atoms with Gasteiger partial charge < -0.3 is 10.0 Å². The Balaban J connectivity index is 1.82. The van der Waals surface area contributed by atoms with Crippen molar-refractivity contribution in [3.05, 3.63) is 0 Å². The Bertz CT molecular complexity index is 268. The monoisotopic (exact) mass is 267 g/mol. The second-order valence-corrected chi connectivity index (χ2v) is 6.97. The van der Waals surface area contributed by atoms with Crippen LogP contribution in [0.3, 0.4) is 0 Å². The van der Waals surface area contributed by atoms with Gasteiger partial charge in [-0.2, -0.15) is 0 Å². The first-order valence-electron chi connectivity index (χ1n) is 8.62. The molecule has 0 spiro atoms. The smallest absolute Gasteiger partial charge is 0.0700 e. The SMILES string of the molecule is CCCCC(CC)CN1CCC2(O)CCCCC2C1. The summed E-state index contributed by atoms with van der Waals surface area (Å²) in [4.78, 5) is 2.65. The molecule has 3 unspecified atom stereocenters. The molecule has 3 atom stereocenters. The molecule has 0 aromatic rings. The molecule has 2 fully saturated rings. The summed E-state index contributed by atoms with van der Waals surface area (Å²) in [6.07, 6.45) is 11.3. The molecule has 19 heavy (non-hydrogen) atoms. The average Bonchev–Trinajstić information content (AvgIpc) is 2.43. The standard InChI is InChI=1S/C17H33NO/c1-3-5-8-15(4-2)13-18-12-11-17(19)10-7-6-9-16(17)14-18/h15-16,19H,3-14H2,1-2H3. The van der Waals surface area contributed by atoms with Gasteiger partial charge in [0.05, 0.1) is 5.60 Å². The quantitative estimate of drug-likeness (QED) is 0.790. The van der Waals surface area contributed by atoms with Crippen LogP contribution in [0.5, 0.6) is 0 Å². The second-order valence-electron chi connectivity index (χ2n) is 6.97. The molecular formula is C17H33NO. The molecule has 0 radical (unpaired) electrons. The summed E-state index contributed by atoms with van der Waals surface area (Å²) < 4.78 is 0. The van der Waals surface area contributed by atoms with E-state index in [1.165, 1.54) is 51.5 Å². The molecule has 2 heteroatoms. The van der Waals surface area contributed by atoms with Crippen LogP contribution in [-0.4, -0.2) is 35.2 Å². The first kappa shape index (κ1) is 15.3. The average molecular weight is 267 g/mol. The van der Waals surface area contributed by atoms with Gasteiger partial charge in [0.2, 0.25) is 0 Å². The highest BCUT2D eigenvalue weighted by Gasteiger charge is 2.42. The molecule has 112 valence electrons. The Morgan fingerprint density at radius 3 is 2.84 bits per heavy atom. The minimum atomic E-state index is -0.306. The maximum atomic E-state index is 10.7. The van der Waals surface area contributed by atoms with Gasteiger partial charge in [0, 0.05) is 25.6 Å². The number of piperidine rings is 1. The summed E-state index contributed by atoms with van der Waals surface area (Å²) >= 11 is 0. The predicted molar refractivity (Wildman–Crippen MR) is 81.3 cm³/mol. The summed E-state index contributed by atoms with van der Waals surface area (Å²) in [6.45, 7) is 8.16. The van der Waals surface area contributed by atoms with E-state index in [1.807, 2.05) is 0 Å². The molecular weight excluding hydrogens is 234 g/mol. The highest BCUT2D eigenvalue weighted by atomic mass is 16.3. The zero-order valence-electron chi connectivity index (χ0n) is 13.0. The van der Waals surface area contributed by atoms with Crippen molar-refractivity contribution in [2.75, 3.05) is 19.6 Å². The lowest BCUT2D eigenvalue weighted by Crippen LogP contribution is -2.54. The summed E-state index contributed by atoms with van der Waals surface area (Å²) in [5, 5.41) is 10.7. The number of hydrogen-bond acceptors (Lipinski definition) is 2. The third kappa shape index (κ3) is 3.95. The number of rotatable bonds is 6. The molecule has 0 aromatic carbocycles. The summed E-state index contributed by atoms with van der Waals surface area (Å²) in [7, 11) is 0. The van der Waals surface area contributed by atoms with Crippen molar-refractivity contribution in [3.63, 3.8) is 0 Å². The fourth-order valence-corrected chi connectivity index (χ4v) is 4.09. The van der Waals surface area contributed by atoms with Gasteiger partial charge in [-0.1, -0.05) is 46.0 Å². The highest BCUT2D eigenvalue weighted by molar-refractivity contribution is 4.95. The first-order valence-corrected chi connectivity index (χ1v) is 8.62. The van der Waals surface area contributed by atoms with Gasteiger partial charge in [-0.05, 0) is 31.6 Å². The van der Waals surface area contributed by atoms with Crippen LogP contribution in [0.2, 0.25) is 0 Å². The zero-order valence-corrected chi connectivity index (χ0v) is 13.0. The van der Waals surface area contributed by atoms with Crippen LogP contribution in [0.15, 0.2) is 0 Å². The van der Waals surface area contributed by atoms with Gasteiger partial charge in [0.25, 0.3) is 0 Å². The van der Waals surface area contributed by atoms with E-state index in [0.29, 0.717) is 5.92 Å². The fraction of sp³-hybridized carbons (Fsp3) is 1.00. The molecule has 0 amide bonds. The minimum Gasteiger partial charge on any atom is -0.390 e. The zero-order chi connectivity index (χ0) is 13.7. The molecule has 2 nitrogen and oxygen atoms in total. The molecule has 1 heterocycles. The summed E-state index contributed by atoms with van der Waals surface area (Å²) in [5.74, 6) is 1.42. The Morgan fingerprint density at radius 1 is 1.26 bits per heavy atom. The normalized spacial score (nSPS) is 33.9. The van der Waals surface area contributed by atoms with E-state index in [-0.39, 0.29) is 5.60 Å². The molecule has 1 aliphatic heterocycles. The van der Waals surface area contributed by atoms with Crippen molar-refractivity contribution >= 4 is 0 Å². The van der Waals surface area contributed by atoms with Crippen molar-refractivity contribution < 1.29 is 5.11 Å². The van der Waals surface area contributed by atoms with Crippen LogP contribution in [-0.2, 0) is 0 Å². The molecule has 1 aliphatic carbocycles. The van der Waals surface area contributed by atoms with Crippen LogP contribution in [0.1, 0.15) is 71.6 Å². The van der Waals surface area contributed by atoms with Crippen LogP contribution in [0.4, 0.5) is 0 Å². The van der Waals surface area contributed by atoms with E-state index in [4.69, 9.17) is 0 Å². The highest BCUT2D eigenvalue weighted by Crippen LogP contribution is 2.40. The Labute approximate surface area is 119 Å². The lowest BCUT2D eigenvalue weighted by atomic mass is 9.71.